The van der Waals surface area contributed by atoms with Gasteiger partial charge in [-0.2, -0.15) is 0 Å². The van der Waals surface area contributed by atoms with Crippen LogP contribution in [0.15, 0.2) is 36.4 Å². The average molecular weight is 199 g/mol. The molecule has 0 saturated heterocycles. The van der Waals surface area contributed by atoms with E-state index < -0.39 is 0 Å². The van der Waals surface area contributed by atoms with E-state index in [2.05, 4.69) is 19.9 Å². The van der Waals surface area contributed by atoms with Gasteiger partial charge < -0.3 is 0 Å². The minimum absolute atomic E-state index is 0.169. The second-order valence-electron chi connectivity index (χ2n) is 4.36. The average Bonchev–Trinajstić information content (AvgIpc) is 2.22. The highest BCUT2D eigenvalue weighted by atomic mass is 16.3. The van der Waals surface area contributed by atoms with Gasteiger partial charge in [-0.3, -0.25) is 5.11 Å². The van der Waals surface area contributed by atoms with Gasteiger partial charge in [0, 0.05) is 5.56 Å². The Bertz CT molecular complexity index is 472. The first kappa shape index (κ1) is 10.0. The molecular weight excluding hydrogens is 184 g/mol. The fourth-order valence-corrected chi connectivity index (χ4v) is 1.93. The molecule has 1 heteroatoms. The molecule has 2 aromatic rings. The predicted molar refractivity (Wildman–Crippen MR) is 62.6 cm³/mol. The van der Waals surface area contributed by atoms with Crippen LogP contribution in [0.1, 0.15) is 19.4 Å². The van der Waals surface area contributed by atoms with Gasteiger partial charge in [0.2, 0.25) is 0 Å². The summed E-state index contributed by atoms with van der Waals surface area (Å²) in [5, 5.41) is 14.0. The van der Waals surface area contributed by atoms with E-state index in [1.54, 1.807) is 6.07 Å². The van der Waals surface area contributed by atoms with E-state index in [0.29, 0.717) is 5.92 Å². The molecule has 1 radical (unpaired) electrons. The van der Waals surface area contributed by atoms with Crippen LogP contribution in [0.3, 0.4) is 0 Å². The van der Waals surface area contributed by atoms with E-state index in [0.717, 1.165) is 22.8 Å². The van der Waals surface area contributed by atoms with Crippen molar-refractivity contribution in [3.8, 4) is 5.75 Å². The second-order valence-corrected chi connectivity index (χ2v) is 4.36. The van der Waals surface area contributed by atoms with Gasteiger partial charge in [0.15, 0.2) is 5.75 Å². The molecule has 0 aromatic heterocycles. The lowest BCUT2D eigenvalue weighted by Crippen LogP contribution is -1.95. The lowest BCUT2D eigenvalue weighted by Gasteiger charge is -2.09. The summed E-state index contributed by atoms with van der Waals surface area (Å²) < 4.78 is 0. The van der Waals surface area contributed by atoms with Crippen molar-refractivity contribution in [2.45, 2.75) is 20.3 Å². The Morgan fingerprint density at radius 1 is 1.07 bits per heavy atom. The largest absolute Gasteiger partial charge is 0.290 e. The minimum atomic E-state index is 0.169. The van der Waals surface area contributed by atoms with Crippen molar-refractivity contribution in [3.05, 3.63) is 42.0 Å². The van der Waals surface area contributed by atoms with E-state index in [-0.39, 0.29) is 5.75 Å². The third-order valence-corrected chi connectivity index (χ3v) is 2.61. The molecule has 0 bridgehead atoms. The van der Waals surface area contributed by atoms with Gasteiger partial charge in [-0.05, 0) is 29.2 Å². The van der Waals surface area contributed by atoms with Crippen molar-refractivity contribution in [3.63, 3.8) is 0 Å². The van der Waals surface area contributed by atoms with Crippen LogP contribution in [0.25, 0.3) is 10.8 Å². The summed E-state index contributed by atoms with van der Waals surface area (Å²) in [6.45, 7) is 4.28. The van der Waals surface area contributed by atoms with Crippen molar-refractivity contribution >= 4 is 10.8 Å². The quantitative estimate of drug-likeness (QED) is 0.691. The van der Waals surface area contributed by atoms with Crippen LogP contribution in [0.5, 0.6) is 5.75 Å². The molecule has 0 unspecified atom stereocenters. The van der Waals surface area contributed by atoms with E-state index in [9.17, 15) is 5.11 Å². The number of rotatable bonds is 2. The van der Waals surface area contributed by atoms with E-state index in [1.807, 2.05) is 24.3 Å². The van der Waals surface area contributed by atoms with Gasteiger partial charge >= 0.3 is 0 Å². The van der Waals surface area contributed by atoms with E-state index in [1.165, 1.54) is 0 Å². The molecule has 0 heterocycles. The Labute approximate surface area is 90.4 Å². The lowest BCUT2D eigenvalue weighted by atomic mass is 9.96. The lowest BCUT2D eigenvalue weighted by molar-refractivity contribution is 0.349. The second kappa shape index (κ2) is 3.93. The molecule has 0 amide bonds. The summed E-state index contributed by atoms with van der Waals surface area (Å²) >= 11 is 0. The molecule has 0 spiro atoms. The number of fused-ring (bicyclic) bond motifs is 1. The maximum absolute atomic E-state index is 11.8. The summed E-state index contributed by atoms with van der Waals surface area (Å²) in [5.74, 6) is 0.686. The molecule has 1 nitrogen and oxygen atoms in total. The van der Waals surface area contributed by atoms with Crippen LogP contribution in [0.2, 0.25) is 0 Å². The minimum Gasteiger partial charge on any atom is -0.290 e. The molecular formula is C14H15O. The summed E-state index contributed by atoms with van der Waals surface area (Å²) in [4.78, 5) is 0. The first-order valence-corrected chi connectivity index (χ1v) is 5.36. The molecule has 0 aliphatic carbocycles. The summed E-state index contributed by atoms with van der Waals surface area (Å²) in [6.07, 6.45) is 0.861. The van der Waals surface area contributed by atoms with Crippen molar-refractivity contribution in [1.29, 1.82) is 0 Å². The summed E-state index contributed by atoms with van der Waals surface area (Å²) in [6, 6.07) is 11.7. The standard InChI is InChI=1S/C14H15O/c1-10(2)9-13-12-6-4-3-5-11(12)7-8-14(13)15/h3-8,10H,9H2,1-2H3. The highest BCUT2D eigenvalue weighted by Gasteiger charge is 2.09. The number of benzene rings is 2. The van der Waals surface area contributed by atoms with Crippen LogP contribution >= 0.6 is 0 Å². The van der Waals surface area contributed by atoms with Crippen LogP contribution in [-0.4, -0.2) is 0 Å². The highest BCUT2D eigenvalue weighted by Crippen LogP contribution is 2.29. The molecule has 0 aliphatic rings. The molecule has 2 rings (SSSR count). The molecule has 0 atom stereocenters. The van der Waals surface area contributed by atoms with Gasteiger partial charge in [0.05, 0.1) is 0 Å². The Morgan fingerprint density at radius 2 is 1.80 bits per heavy atom. The fraction of sp³-hybridized carbons (Fsp3) is 0.286. The molecule has 77 valence electrons. The van der Waals surface area contributed by atoms with E-state index in [4.69, 9.17) is 0 Å². The van der Waals surface area contributed by atoms with E-state index >= 15 is 0 Å². The number of hydrogen-bond donors (Lipinski definition) is 0. The summed E-state index contributed by atoms with van der Waals surface area (Å²) in [7, 11) is 0. The van der Waals surface area contributed by atoms with Gasteiger partial charge in [-0.15, -0.1) is 0 Å². The third-order valence-electron chi connectivity index (χ3n) is 2.61. The Balaban J connectivity index is 2.63. The Morgan fingerprint density at radius 3 is 2.53 bits per heavy atom. The van der Waals surface area contributed by atoms with Gasteiger partial charge in [-0.25, -0.2) is 0 Å². The zero-order chi connectivity index (χ0) is 10.8. The van der Waals surface area contributed by atoms with Gasteiger partial charge in [0.1, 0.15) is 0 Å². The van der Waals surface area contributed by atoms with Crippen molar-refractivity contribution in [2.75, 3.05) is 0 Å². The maximum Gasteiger partial charge on any atom is 0.182 e. The molecule has 0 fully saturated rings. The first-order chi connectivity index (χ1) is 7.18. The third kappa shape index (κ3) is 1.96. The predicted octanol–water partition coefficient (Wildman–Crippen LogP) is 4.18. The molecule has 0 N–H and O–H groups in total. The molecule has 15 heavy (non-hydrogen) atoms. The van der Waals surface area contributed by atoms with Crippen LogP contribution in [0, 0.1) is 5.92 Å². The normalized spacial score (nSPS) is 11.1. The van der Waals surface area contributed by atoms with Crippen molar-refractivity contribution in [1.82, 2.24) is 0 Å². The topological polar surface area (TPSA) is 19.9 Å². The van der Waals surface area contributed by atoms with Gasteiger partial charge in [0.25, 0.3) is 0 Å². The SMILES string of the molecule is CC(C)Cc1c([O])ccc2ccccc12. The smallest absolute Gasteiger partial charge is 0.182 e. The van der Waals surface area contributed by atoms with Crippen LogP contribution in [0.4, 0.5) is 0 Å². The monoisotopic (exact) mass is 199 g/mol. The van der Waals surface area contributed by atoms with Crippen LogP contribution < -0.4 is 0 Å². The molecule has 0 aliphatic heterocycles. The highest BCUT2D eigenvalue weighted by molar-refractivity contribution is 5.87. The first-order valence-electron chi connectivity index (χ1n) is 5.36. The number of hydrogen-bond acceptors (Lipinski definition) is 0. The fourth-order valence-electron chi connectivity index (χ4n) is 1.93. The summed E-state index contributed by atoms with van der Waals surface area (Å²) in [5.41, 5.74) is 0.961. The van der Waals surface area contributed by atoms with Crippen molar-refractivity contribution in [2.24, 2.45) is 5.92 Å². The van der Waals surface area contributed by atoms with Crippen LogP contribution in [-0.2, 0) is 11.5 Å². The zero-order valence-corrected chi connectivity index (χ0v) is 9.16. The Kier molecular flexibility index (Phi) is 2.63. The van der Waals surface area contributed by atoms with Crippen molar-refractivity contribution < 1.29 is 5.11 Å². The Hall–Kier alpha value is -1.50. The molecule has 0 saturated carbocycles. The molecule has 2 aromatic carbocycles. The zero-order valence-electron chi connectivity index (χ0n) is 9.16. The van der Waals surface area contributed by atoms with Gasteiger partial charge in [-0.1, -0.05) is 44.2 Å². The maximum atomic E-state index is 11.8.